The Morgan fingerprint density at radius 3 is 2.69 bits per heavy atom. The lowest BCUT2D eigenvalue weighted by molar-refractivity contribution is 0.314. The van der Waals surface area contributed by atoms with Crippen LogP contribution in [0, 0.1) is 23.0 Å². The van der Waals surface area contributed by atoms with Crippen LogP contribution >= 0.6 is 11.6 Å². The number of fused-ring (bicyclic) bond motifs is 2. The van der Waals surface area contributed by atoms with Gasteiger partial charge in [-0.2, -0.15) is 15.2 Å². The van der Waals surface area contributed by atoms with Crippen molar-refractivity contribution in [2.24, 2.45) is 5.73 Å². The maximum absolute atomic E-state index is 15.9. The SMILES string of the molecule is CCNc1nc(OCC)nc2c(F)c(-c3ccc(F)c4c3C(C#N)=C(N)C4)c(Cl)c(O)c12. The summed E-state index contributed by atoms with van der Waals surface area (Å²) in [7, 11) is 0. The molecule has 0 saturated carbocycles. The fourth-order valence-corrected chi connectivity index (χ4v) is 4.13. The first-order chi connectivity index (χ1) is 15.3. The molecule has 0 fully saturated rings. The fourth-order valence-electron chi connectivity index (χ4n) is 3.85. The Morgan fingerprint density at radius 1 is 1.28 bits per heavy atom. The van der Waals surface area contributed by atoms with Crippen LogP contribution in [0.2, 0.25) is 5.02 Å². The van der Waals surface area contributed by atoms with Crippen LogP contribution < -0.4 is 15.8 Å². The number of benzene rings is 2. The Kier molecular flexibility index (Phi) is 5.48. The number of allylic oxidation sites excluding steroid dienone is 2. The third kappa shape index (κ3) is 3.15. The molecule has 0 bridgehead atoms. The number of hydrogen-bond acceptors (Lipinski definition) is 7. The zero-order valence-electron chi connectivity index (χ0n) is 17.2. The van der Waals surface area contributed by atoms with Crippen LogP contribution in [-0.4, -0.2) is 28.2 Å². The molecule has 1 aromatic heterocycles. The molecule has 164 valence electrons. The van der Waals surface area contributed by atoms with Gasteiger partial charge in [-0.1, -0.05) is 17.7 Å². The number of aromatic nitrogens is 2. The number of halogens is 3. The van der Waals surface area contributed by atoms with Crippen molar-refractivity contribution in [3.05, 3.63) is 45.6 Å². The Morgan fingerprint density at radius 2 is 2.03 bits per heavy atom. The number of nitrogens with zero attached hydrogens (tertiary/aromatic N) is 3. The average molecular weight is 458 g/mol. The average Bonchev–Trinajstić information content (AvgIpc) is 3.11. The second kappa shape index (κ2) is 8.13. The van der Waals surface area contributed by atoms with E-state index in [1.807, 2.05) is 6.07 Å². The van der Waals surface area contributed by atoms with E-state index in [9.17, 15) is 14.8 Å². The Bertz CT molecular complexity index is 1350. The van der Waals surface area contributed by atoms with Crippen molar-refractivity contribution >= 4 is 33.9 Å². The summed E-state index contributed by atoms with van der Waals surface area (Å²) < 4.78 is 35.8. The van der Waals surface area contributed by atoms with Gasteiger partial charge in [0, 0.05) is 35.4 Å². The van der Waals surface area contributed by atoms with E-state index < -0.39 is 17.4 Å². The second-order valence-corrected chi connectivity index (χ2v) is 7.41. The number of nitrogens with one attached hydrogen (secondary N) is 1. The van der Waals surface area contributed by atoms with Gasteiger partial charge in [0.15, 0.2) is 5.82 Å². The van der Waals surface area contributed by atoms with Crippen LogP contribution in [0.1, 0.15) is 25.0 Å². The van der Waals surface area contributed by atoms with Gasteiger partial charge in [-0.05, 0) is 25.5 Å². The molecule has 3 aromatic rings. The first kappa shape index (κ1) is 21.6. The van der Waals surface area contributed by atoms with Crippen LogP contribution in [0.25, 0.3) is 27.6 Å². The lowest BCUT2D eigenvalue weighted by atomic mass is 9.92. The molecular formula is C22H18ClF2N5O2. The number of ether oxygens (including phenoxy) is 1. The second-order valence-electron chi connectivity index (χ2n) is 7.03. The molecule has 7 nitrogen and oxygen atoms in total. The van der Waals surface area contributed by atoms with Gasteiger partial charge in [0.05, 0.1) is 22.6 Å². The summed E-state index contributed by atoms with van der Waals surface area (Å²) in [5, 5.41) is 23.1. The van der Waals surface area contributed by atoms with Gasteiger partial charge in [-0.3, -0.25) is 0 Å². The van der Waals surface area contributed by atoms with Crippen molar-refractivity contribution in [3.63, 3.8) is 0 Å². The smallest absolute Gasteiger partial charge is 0.319 e. The summed E-state index contributed by atoms with van der Waals surface area (Å²) in [6.45, 7) is 4.20. The van der Waals surface area contributed by atoms with E-state index in [1.54, 1.807) is 13.8 Å². The first-order valence-electron chi connectivity index (χ1n) is 9.83. The Hall–Kier alpha value is -3.64. The molecule has 10 heteroatoms. The van der Waals surface area contributed by atoms with Gasteiger partial charge in [0.2, 0.25) is 0 Å². The van der Waals surface area contributed by atoms with E-state index in [1.165, 1.54) is 6.07 Å². The highest BCUT2D eigenvalue weighted by molar-refractivity contribution is 6.36. The monoisotopic (exact) mass is 457 g/mol. The van der Waals surface area contributed by atoms with E-state index >= 15 is 4.39 Å². The van der Waals surface area contributed by atoms with Crippen molar-refractivity contribution < 1.29 is 18.6 Å². The van der Waals surface area contributed by atoms with Crippen molar-refractivity contribution in [1.29, 1.82) is 5.26 Å². The van der Waals surface area contributed by atoms with E-state index in [2.05, 4.69) is 15.3 Å². The Labute approximate surface area is 187 Å². The molecule has 0 aliphatic heterocycles. The first-order valence-corrected chi connectivity index (χ1v) is 10.2. The normalized spacial score (nSPS) is 12.8. The topological polar surface area (TPSA) is 117 Å². The molecule has 0 saturated heterocycles. The fraction of sp³-hybridized carbons (Fsp3) is 0.227. The molecule has 1 aliphatic rings. The van der Waals surface area contributed by atoms with Gasteiger partial charge >= 0.3 is 6.01 Å². The molecule has 0 unspecified atom stereocenters. The molecule has 32 heavy (non-hydrogen) atoms. The van der Waals surface area contributed by atoms with Gasteiger partial charge < -0.3 is 20.9 Å². The zero-order chi connectivity index (χ0) is 23.2. The number of phenols is 1. The lowest BCUT2D eigenvalue weighted by Gasteiger charge is -2.17. The molecule has 4 rings (SSSR count). The third-order valence-corrected chi connectivity index (χ3v) is 5.54. The largest absolute Gasteiger partial charge is 0.506 e. The highest BCUT2D eigenvalue weighted by Crippen LogP contribution is 2.48. The third-order valence-electron chi connectivity index (χ3n) is 5.17. The number of aromatic hydroxyl groups is 1. The molecule has 1 heterocycles. The van der Waals surface area contributed by atoms with Crippen molar-refractivity contribution in [1.82, 2.24) is 9.97 Å². The highest BCUT2D eigenvalue weighted by atomic mass is 35.5. The van der Waals surface area contributed by atoms with Crippen LogP contribution in [0.3, 0.4) is 0 Å². The predicted molar refractivity (Wildman–Crippen MR) is 117 cm³/mol. The molecule has 2 aromatic carbocycles. The van der Waals surface area contributed by atoms with Gasteiger partial charge in [-0.25, -0.2) is 8.78 Å². The van der Waals surface area contributed by atoms with Crippen LogP contribution in [0.4, 0.5) is 14.6 Å². The minimum absolute atomic E-state index is 0.0118. The van der Waals surface area contributed by atoms with E-state index in [-0.39, 0.29) is 74.3 Å². The van der Waals surface area contributed by atoms with E-state index in [0.29, 0.717) is 6.54 Å². The number of nitriles is 1. The molecule has 0 amide bonds. The molecule has 0 atom stereocenters. The lowest BCUT2D eigenvalue weighted by Crippen LogP contribution is -2.07. The Balaban J connectivity index is 2.11. The number of anilines is 1. The standard InChI is InChI=1S/C22H18ClF2N5O2/c1-3-28-21-16-19(29-22(30-21)32-4-2)18(25)15(17(23)20(16)31)9-5-6-12(24)10-7-13(27)11(8-26)14(9)10/h5-6,31H,3-4,7,27H2,1-2H3,(H,28,29,30). The maximum atomic E-state index is 15.9. The predicted octanol–water partition coefficient (Wildman–Crippen LogP) is 4.51. The highest BCUT2D eigenvalue weighted by Gasteiger charge is 2.31. The molecule has 0 spiro atoms. The van der Waals surface area contributed by atoms with E-state index in [0.717, 1.165) is 6.07 Å². The minimum Gasteiger partial charge on any atom is -0.506 e. The molecule has 1 aliphatic carbocycles. The molecule has 4 N–H and O–H groups in total. The van der Waals surface area contributed by atoms with Gasteiger partial charge in [0.1, 0.15) is 29.0 Å². The zero-order valence-corrected chi connectivity index (χ0v) is 17.9. The van der Waals surface area contributed by atoms with Crippen LogP contribution in [0.5, 0.6) is 11.8 Å². The van der Waals surface area contributed by atoms with Crippen LogP contribution in [0.15, 0.2) is 17.8 Å². The number of phenolic OH excluding ortho intramolecular Hbond substituents is 1. The summed E-state index contributed by atoms with van der Waals surface area (Å²) in [6.07, 6.45) is 0.0118. The summed E-state index contributed by atoms with van der Waals surface area (Å²) in [5.41, 5.74) is 6.12. The van der Waals surface area contributed by atoms with Gasteiger partial charge in [0.25, 0.3) is 0 Å². The molecular weight excluding hydrogens is 440 g/mol. The molecule has 0 radical (unpaired) electrons. The number of rotatable bonds is 5. The summed E-state index contributed by atoms with van der Waals surface area (Å²) >= 11 is 6.43. The van der Waals surface area contributed by atoms with E-state index in [4.69, 9.17) is 22.1 Å². The number of nitrogens with two attached hydrogens (primary N) is 1. The minimum atomic E-state index is -0.873. The maximum Gasteiger partial charge on any atom is 0.319 e. The quantitative estimate of drug-likeness (QED) is 0.515. The summed E-state index contributed by atoms with van der Waals surface area (Å²) in [5.74, 6) is -1.75. The van der Waals surface area contributed by atoms with Crippen molar-refractivity contribution in [2.75, 3.05) is 18.5 Å². The summed E-state index contributed by atoms with van der Waals surface area (Å²) in [6, 6.07) is 4.31. The van der Waals surface area contributed by atoms with Crippen molar-refractivity contribution in [3.8, 4) is 29.0 Å². The van der Waals surface area contributed by atoms with Crippen molar-refractivity contribution in [2.45, 2.75) is 20.3 Å². The van der Waals surface area contributed by atoms with Gasteiger partial charge in [-0.15, -0.1) is 0 Å². The number of hydrogen-bond donors (Lipinski definition) is 3. The van der Waals surface area contributed by atoms with Crippen LogP contribution in [-0.2, 0) is 6.42 Å². The summed E-state index contributed by atoms with van der Waals surface area (Å²) in [4.78, 5) is 8.30.